The Hall–Kier alpha value is -1.16. The highest BCUT2D eigenvalue weighted by molar-refractivity contribution is 5.94. The van der Waals surface area contributed by atoms with Crippen molar-refractivity contribution >= 4 is 11.8 Å². The minimum atomic E-state index is -1.06. The molecular weight excluding hydrogens is 244 g/mol. The number of carbonyl (C=O) groups excluding carboxylic acids is 2. The number of ether oxygens (including phenoxy) is 1. The molecule has 1 aliphatic heterocycles. The second-order valence-electron chi connectivity index (χ2n) is 6.49. The van der Waals surface area contributed by atoms with E-state index in [4.69, 9.17) is 4.74 Å². The van der Waals surface area contributed by atoms with Gasteiger partial charge in [-0.05, 0) is 32.1 Å². The lowest BCUT2D eigenvalue weighted by molar-refractivity contribution is -0.171. The van der Waals surface area contributed by atoms with Crippen molar-refractivity contribution in [1.29, 1.82) is 0 Å². The van der Waals surface area contributed by atoms with Crippen LogP contribution >= 0.6 is 0 Å². The molecule has 4 heteroatoms. The van der Waals surface area contributed by atoms with Crippen LogP contribution in [0.4, 0.5) is 0 Å². The van der Waals surface area contributed by atoms with Gasteiger partial charge in [0.15, 0.2) is 0 Å². The van der Waals surface area contributed by atoms with Crippen LogP contribution in [0, 0.1) is 17.3 Å². The second-order valence-corrected chi connectivity index (χ2v) is 6.49. The van der Waals surface area contributed by atoms with Crippen molar-refractivity contribution in [2.24, 2.45) is 17.3 Å². The standard InChI is InChI=1S/C15H20O4/c1-8-4-5-10-9(2)13(17)19-12(10)14(3)11(16)6-7-15(8,14)18/h8,10,12,18H,2,4-7H2,1,3H3/t8-,10?,12?,14-,15+/m0/s1. The summed E-state index contributed by atoms with van der Waals surface area (Å²) < 4.78 is 5.44. The van der Waals surface area contributed by atoms with E-state index in [2.05, 4.69) is 6.58 Å². The zero-order valence-corrected chi connectivity index (χ0v) is 11.4. The number of ketones is 1. The van der Waals surface area contributed by atoms with Crippen LogP contribution in [0.2, 0.25) is 0 Å². The van der Waals surface area contributed by atoms with Crippen LogP contribution < -0.4 is 0 Å². The van der Waals surface area contributed by atoms with Crippen LogP contribution in [0.3, 0.4) is 0 Å². The summed E-state index contributed by atoms with van der Waals surface area (Å²) in [6.45, 7) is 7.57. The minimum absolute atomic E-state index is 0.0150. The molecule has 0 aromatic rings. The number of Topliss-reactive ketones (excluding diaryl/α,β-unsaturated/α-hetero) is 1. The third kappa shape index (κ3) is 1.33. The zero-order chi connectivity index (χ0) is 14.0. The number of esters is 1. The Bertz CT molecular complexity index is 483. The summed E-state index contributed by atoms with van der Waals surface area (Å²) in [6, 6.07) is 0. The maximum Gasteiger partial charge on any atom is 0.334 e. The number of carbonyl (C=O) groups is 2. The molecule has 1 saturated heterocycles. The molecule has 4 nitrogen and oxygen atoms in total. The molecule has 0 aromatic heterocycles. The van der Waals surface area contributed by atoms with Crippen molar-refractivity contribution in [3.8, 4) is 0 Å². The second kappa shape index (κ2) is 3.69. The van der Waals surface area contributed by atoms with Crippen molar-refractivity contribution < 1.29 is 19.4 Å². The topological polar surface area (TPSA) is 63.6 Å². The minimum Gasteiger partial charge on any atom is -0.457 e. The Morgan fingerprint density at radius 1 is 1.37 bits per heavy atom. The van der Waals surface area contributed by atoms with Crippen LogP contribution in [0.25, 0.3) is 0 Å². The van der Waals surface area contributed by atoms with Gasteiger partial charge in [-0.25, -0.2) is 4.79 Å². The molecule has 2 saturated carbocycles. The van der Waals surface area contributed by atoms with E-state index in [1.165, 1.54) is 0 Å². The van der Waals surface area contributed by atoms with Crippen LogP contribution in [0.15, 0.2) is 12.2 Å². The van der Waals surface area contributed by atoms with E-state index >= 15 is 0 Å². The molecule has 1 heterocycles. The summed E-state index contributed by atoms with van der Waals surface area (Å²) in [7, 11) is 0. The Labute approximate surface area is 112 Å². The lowest BCUT2D eigenvalue weighted by Crippen LogP contribution is -2.56. The largest absolute Gasteiger partial charge is 0.457 e. The van der Waals surface area contributed by atoms with Gasteiger partial charge >= 0.3 is 5.97 Å². The average molecular weight is 264 g/mol. The molecule has 2 aliphatic carbocycles. The summed E-state index contributed by atoms with van der Waals surface area (Å²) in [6.07, 6.45) is 1.83. The summed E-state index contributed by atoms with van der Waals surface area (Å²) in [5.74, 6) is -0.494. The van der Waals surface area contributed by atoms with Crippen molar-refractivity contribution in [1.82, 2.24) is 0 Å². The quantitative estimate of drug-likeness (QED) is 0.533. The summed E-state index contributed by atoms with van der Waals surface area (Å²) in [4.78, 5) is 24.2. The number of hydrogen-bond acceptors (Lipinski definition) is 4. The maximum atomic E-state index is 12.4. The fourth-order valence-corrected chi connectivity index (χ4v) is 4.35. The molecule has 104 valence electrons. The first-order valence-corrected chi connectivity index (χ1v) is 6.98. The Morgan fingerprint density at radius 2 is 2.05 bits per heavy atom. The van der Waals surface area contributed by atoms with Gasteiger partial charge in [0.2, 0.25) is 0 Å². The number of hydrogen-bond donors (Lipinski definition) is 1. The maximum absolute atomic E-state index is 12.4. The molecule has 0 bridgehead atoms. The Morgan fingerprint density at radius 3 is 2.74 bits per heavy atom. The van der Waals surface area contributed by atoms with E-state index in [-0.39, 0.29) is 17.6 Å². The average Bonchev–Trinajstić information content (AvgIpc) is 2.76. The van der Waals surface area contributed by atoms with Gasteiger partial charge in [0.1, 0.15) is 11.9 Å². The predicted octanol–water partition coefficient (Wildman–Crippen LogP) is 1.61. The van der Waals surface area contributed by atoms with Crippen LogP contribution in [-0.2, 0) is 14.3 Å². The summed E-state index contributed by atoms with van der Waals surface area (Å²) in [5, 5.41) is 11.1. The lowest BCUT2D eigenvalue weighted by Gasteiger charge is -2.43. The molecule has 5 atom stereocenters. The number of rotatable bonds is 0. The normalized spacial score (nSPS) is 49.6. The highest BCUT2D eigenvalue weighted by atomic mass is 16.6. The highest BCUT2D eigenvalue weighted by Gasteiger charge is 2.68. The lowest BCUT2D eigenvalue weighted by atomic mass is 9.65. The summed E-state index contributed by atoms with van der Waals surface area (Å²) >= 11 is 0. The fourth-order valence-electron chi connectivity index (χ4n) is 4.35. The predicted molar refractivity (Wildman–Crippen MR) is 68.2 cm³/mol. The zero-order valence-electron chi connectivity index (χ0n) is 11.4. The number of fused-ring (bicyclic) bond motifs is 3. The SMILES string of the molecule is C=C1C(=O)OC2C1CC[C@H](C)[C@]1(O)CCC(=O)[C@@]21C. The monoisotopic (exact) mass is 264 g/mol. The molecule has 0 spiro atoms. The molecule has 0 amide bonds. The number of aliphatic hydroxyl groups is 1. The first-order valence-electron chi connectivity index (χ1n) is 6.98. The van der Waals surface area contributed by atoms with E-state index in [0.717, 1.165) is 12.8 Å². The van der Waals surface area contributed by atoms with Crippen molar-refractivity contribution in [2.45, 2.75) is 51.2 Å². The van der Waals surface area contributed by atoms with E-state index < -0.39 is 23.1 Å². The molecule has 3 fully saturated rings. The molecule has 19 heavy (non-hydrogen) atoms. The molecule has 0 radical (unpaired) electrons. The Kier molecular flexibility index (Phi) is 2.50. The smallest absolute Gasteiger partial charge is 0.334 e. The van der Waals surface area contributed by atoms with E-state index in [1.54, 1.807) is 6.92 Å². The van der Waals surface area contributed by atoms with Gasteiger partial charge in [0.25, 0.3) is 0 Å². The van der Waals surface area contributed by atoms with Gasteiger partial charge < -0.3 is 9.84 Å². The van der Waals surface area contributed by atoms with Gasteiger partial charge in [-0.1, -0.05) is 13.5 Å². The highest BCUT2D eigenvalue weighted by Crippen LogP contribution is 2.58. The first-order chi connectivity index (χ1) is 8.82. The summed E-state index contributed by atoms with van der Waals surface area (Å²) in [5.41, 5.74) is -1.58. The molecule has 1 N–H and O–H groups in total. The van der Waals surface area contributed by atoms with E-state index in [1.807, 2.05) is 6.92 Å². The first kappa shape index (κ1) is 12.9. The van der Waals surface area contributed by atoms with Crippen LogP contribution in [0.1, 0.15) is 39.5 Å². The molecule has 3 aliphatic rings. The molecule has 2 unspecified atom stereocenters. The molecule has 3 rings (SSSR count). The van der Waals surface area contributed by atoms with Crippen molar-refractivity contribution in [3.05, 3.63) is 12.2 Å². The third-order valence-corrected chi connectivity index (χ3v) is 5.82. The van der Waals surface area contributed by atoms with Gasteiger partial charge in [0.05, 0.1) is 11.0 Å². The van der Waals surface area contributed by atoms with E-state index in [0.29, 0.717) is 18.4 Å². The third-order valence-electron chi connectivity index (χ3n) is 5.82. The van der Waals surface area contributed by atoms with Crippen molar-refractivity contribution in [3.63, 3.8) is 0 Å². The van der Waals surface area contributed by atoms with Gasteiger partial charge in [0, 0.05) is 17.9 Å². The van der Waals surface area contributed by atoms with Crippen LogP contribution in [0.5, 0.6) is 0 Å². The molecular formula is C15H20O4. The van der Waals surface area contributed by atoms with Crippen LogP contribution in [-0.4, -0.2) is 28.6 Å². The Balaban J connectivity index is 2.14. The van der Waals surface area contributed by atoms with Gasteiger partial charge in [-0.3, -0.25) is 4.79 Å². The van der Waals surface area contributed by atoms with E-state index in [9.17, 15) is 14.7 Å². The van der Waals surface area contributed by atoms with Gasteiger partial charge in [-0.15, -0.1) is 0 Å². The molecule has 0 aromatic carbocycles. The fraction of sp³-hybridized carbons (Fsp3) is 0.733. The van der Waals surface area contributed by atoms with Crippen molar-refractivity contribution in [2.75, 3.05) is 0 Å². The van der Waals surface area contributed by atoms with Gasteiger partial charge in [-0.2, -0.15) is 0 Å².